The summed E-state index contributed by atoms with van der Waals surface area (Å²) in [7, 11) is 0. The Bertz CT molecular complexity index is 887. The predicted octanol–water partition coefficient (Wildman–Crippen LogP) is 2.57. The Morgan fingerprint density at radius 1 is 1.17 bits per heavy atom. The molecule has 6 nitrogen and oxygen atoms in total. The fraction of sp³-hybridized carbons (Fsp3) is 0.0625. The lowest BCUT2D eigenvalue weighted by atomic mass is 10.2. The Labute approximate surface area is 136 Å². The Hall–Kier alpha value is -2.86. The van der Waals surface area contributed by atoms with Crippen molar-refractivity contribution in [3.63, 3.8) is 0 Å². The Morgan fingerprint density at radius 2 is 1.96 bits per heavy atom. The molecule has 0 fully saturated rings. The average Bonchev–Trinajstić information content (AvgIpc) is 2.95. The summed E-state index contributed by atoms with van der Waals surface area (Å²) < 4.78 is 6.19. The van der Waals surface area contributed by atoms with Gasteiger partial charge in [-0.25, -0.2) is 9.59 Å². The number of nitrogens with zero attached hydrogens (tertiary/aromatic N) is 2. The fourth-order valence-corrected chi connectivity index (χ4v) is 2.18. The number of H-pyrrole nitrogens is 1. The van der Waals surface area contributed by atoms with Crippen LogP contribution in [0.2, 0.25) is 5.02 Å². The van der Waals surface area contributed by atoms with Crippen molar-refractivity contribution in [2.24, 2.45) is 0 Å². The summed E-state index contributed by atoms with van der Waals surface area (Å²) in [5.74, 6) is -0.863. The van der Waals surface area contributed by atoms with Gasteiger partial charge in [-0.3, -0.25) is 4.98 Å². The third-order valence-electron chi connectivity index (χ3n) is 3.08. The molecular weight excluding hydrogens is 318 g/mol. The lowest BCUT2D eigenvalue weighted by Crippen LogP contribution is -2.15. The number of aromatic amines is 1. The Kier molecular flexibility index (Phi) is 4.25. The third kappa shape index (κ3) is 3.49. The van der Waals surface area contributed by atoms with E-state index < -0.39 is 11.7 Å². The number of hydrogen-bond acceptors (Lipinski definition) is 4. The highest BCUT2D eigenvalue weighted by molar-refractivity contribution is 6.30. The minimum absolute atomic E-state index is 0.103. The minimum atomic E-state index is -0.702. The molecule has 2 aromatic carbocycles. The molecule has 3 rings (SSSR count). The molecule has 7 heteroatoms. The van der Waals surface area contributed by atoms with Crippen molar-refractivity contribution in [3.05, 3.63) is 81.5 Å². The van der Waals surface area contributed by atoms with E-state index >= 15 is 0 Å². The first kappa shape index (κ1) is 15.1. The van der Waals surface area contributed by atoms with Crippen LogP contribution < -0.4 is 5.69 Å². The fourth-order valence-electron chi connectivity index (χ4n) is 1.99. The molecule has 0 atom stereocenters. The van der Waals surface area contributed by atoms with Crippen LogP contribution in [-0.2, 0) is 11.3 Å². The number of nitrogens with one attached hydrogen (secondary N) is 1. The molecule has 0 amide bonds. The van der Waals surface area contributed by atoms with E-state index in [1.165, 1.54) is 0 Å². The van der Waals surface area contributed by atoms with Crippen molar-refractivity contribution in [2.75, 3.05) is 0 Å². The third-order valence-corrected chi connectivity index (χ3v) is 3.31. The van der Waals surface area contributed by atoms with E-state index in [4.69, 9.17) is 16.3 Å². The van der Waals surface area contributed by atoms with Gasteiger partial charge in [-0.2, -0.15) is 4.68 Å². The maximum Gasteiger partial charge on any atom is 0.376 e. The lowest BCUT2D eigenvalue weighted by molar-refractivity contribution is 0.0458. The van der Waals surface area contributed by atoms with Gasteiger partial charge >= 0.3 is 11.7 Å². The van der Waals surface area contributed by atoms with Gasteiger partial charge < -0.3 is 4.74 Å². The topological polar surface area (TPSA) is 77.0 Å². The van der Waals surface area contributed by atoms with Crippen LogP contribution in [0.3, 0.4) is 0 Å². The zero-order chi connectivity index (χ0) is 16.2. The number of carbonyl (C=O) groups excluding carboxylic acids is 1. The van der Waals surface area contributed by atoms with Crippen LogP contribution in [-0.4, -0.2) is 20.7 Å². The molecular formula is C16H12ClN3O3. The second-order valence-corrected chi connectivity index (χ2v) is 5.17. The van der Waals surface area contributed by atoms with E-state index in [0.717, 1.165) is 10.2 Å². The molecule has 23 heavy (non-hydrogen) atoms. The maximum atomic E-state index is 12.0. The number of carbonyl (C=O) groups is 1. The number of ether oxygens (including phenoxy) is 1. The molecule has 0 aliphatic rings. The summed E-state index contributed by atoms with van der Waals surface area (Å²) in [5.41, 5.74) is 0.761. The van der Waals surface area contributed by atoms with Gasteiger partial charge in [-0.05, 0) is 23.8 Å². The quantitative estimate of drug-likeness (QED) is 0.746. The SMILES string of the molecule is O=C(OCc1ccccc1)c1nn(-c2cccc(Cl)c2)c(=O)[nH]1. The smallest absolute Gasteiger partial charge is 0.376 e. The summed E-state index contributed by atoms with van der Waals surface area (Å²) in [6.45, 7) is 0.103. The normalized spacial score (nSPS) is 10.5. The number of benzene rings is 2. The second kappa shape index (κ2) is 6.50. The lowest BCUT2D eigenvalue weighted by Gasteiger charge is -2.02. The van der Waals surface area contributed by atoms with Crippen LogP contribution in [0.15, 0.2) is 59.4 Å². The van der Waals surface area contributed by atoms with Crippen LogP contribution in [0.1, 0.15) is 16.2 Å². The van der Waals surface area contributed by atoms with Crippen molar-refractivity contribution in [2.45, 2.75) is 6.61 Å². The number of rotatable bonds is 4. The molecule has 1 heterocycles. The van der Waals surface area contributed by atoms with Crippen molar-refractivity contribution >= 4 is 17.6 Å². The number of aromatic nitrogens is 3. The van der Waals surface area contributed by atoms with Gasteiger partial charge in [-0.15, -0.1) is 5.10 Å². The molecule has 0 saturated heterocycles. The Balaban J connectivity index is 1.78. The predicted molar refractivity (Wildman–Crippen MR) is 84.8 cm³/mol. The van der Waals surface area contributed by atoms with Gasteiger partial charge in [0.25, 0.3) is 0 Å². The van der Waals surface area contributed by atoms with Crippen molar-refractivity contribution < 1.29 is 9.53 Å². The van der Waals surface area contributed by atoms with Gasteiger partial charge in [-0.1, -0.05) is 48.0 Å². The highest BCUT2D eigenvalue weighted by Gasteiger charge is 2.16. The zero-order valence-electron chi connectivity index (χ0n) is 11.9. The van der Waals surface area contributed by atoms with E-state index in [9.17, 15) is 9.59 Å². The Morgan fingerprint density at radius 3 is 2.70 bits per heavy atom. The second-order valence-electron chi connectivity index (χ2n) is 4.73. The van der Waals surface area contributed by atoms with Gasteiger partial charge in [0, 0.05) is 5.02 Å². The standard InChI is InChI=1S/C16H12ClN3O3/c17-12-7-4-8-13(9-12)20-16(22)18-14(19-20)15(21)23-10-11-5-2-1-3-6-11/h1-9H,10H2,(H,18,19,22). The minimum Gasteiger partial charge on any atom is -0.455 e. The van der Waals surface area contributed by atoms with Crippen molar-refractivity contribution in [3.8, 4) is 5.69 Å². The van der Waals surface area contributed by atoms with Crippen molar-refractivity contribution in [1.29, 1.82) is 0 Å². The maximum absolute atomic E-state index is 12.0. The van der Waals surface area contributed by atoms with Gasteiger partial charge in [0.1, 0.15) is 6.61 Å². The zero-order valence-corrected chi connectivity index (χ0v) is 12.7. The molecule has 0 saturated carbocycles. The molecule has 116 valence electrons. The summed E-state index contributed by atoms with van der Waals surface area (Å²) in [4.78, 5) is 26.3. The number of halogens is 1. The van der Waals surface area contributed by atoms with Crippen LogP contribution in [0.5, 0.6) is 0 Å². The van der Waals surface area contributed by atoms with E-state index in [1.807, 2.05) is 30.3 Å². The summed E-state index contributed by atoms with van der Waals surface area (Å²) >= 11 is 5.89. The molecule has 3 aromatic rings. The highest BCUT2D eigenvalue weighted by atomic mass is 35.5. The molecule has 1 aromatic heterocycles. The van der Waals surface area contributed by atoms with Crippen LogP contribution >= 0.6 is 11.6 Å². The van der Waals surface area contributed by atoms with Gasteiger partial charge in [0.15, 0.2) is 0 Å². The van der Waals surface area contributed by atoms with Crippen LogP contribution in [0, 0.1) is 0 Å². The summed E-state index contributed by atoms with van der Waals surface area (Å²) in [6, 6.07) is 15.8. The monoisotopic (exact) mass is 329 g/mol. The molecule has 0 aliphatic carbocycles. The molecule has 1 N–H and O–H groups in total. The molecule has 0 aliphatic heterocycles. The first-order chi connectivity index (χ1) is 11.1. The summed E-state index contributed by atoms with van der Waals surface area (Å²) in [5, 5.41) is 4.41. The van der Waals surface area contributed by atoms with Gasteiger partial charge in [0.05, 0.1) is 5.69 Å². The highest BCUT2D eigenvalue weighted by Crippen LogP contribution is 2.12. The van der Waals surface area contributed by atoms with E-state index in [0.29, 0.717) is 10.7 Å². The average molecular weight is 330 g/mol. The molecule has 0 unspecified atom stereocenters. The molecule has 0 radical (unpaired) electrons. The van der Waals surface area contributed by atoms with Crippen LogP contribution in [0.4, 0.5) is 0 Å². The number of esters is 1. The molecule has 0 bridgehead atoms. The van der Waals surface area contributed by atoms with E-state index in [2.05, 4.69) is 10.1 Å². The largest absolute Gasteiger partial charge is 0.455 e. The first-order valence-electron chi connectivity index (χ1n) is 6.80. The van der Waals surface area contributed by atoms with E-state index in [-0.39, 0.29) is 12.4 Å². The van der Waals surface area contributed by atoms with E-state index in [1.54, 1.807) is 24.3 Å². The van der Waals surface area contributed by atoms with Crippen LogP contribution in [0.25, 0.3) is 5.69 Å². The first-order valence-corrected chi connectivity index (χ1v) is 7.17. The summed E-state index contributed by atoms with van der Waals surface area (Å²) in [6.07, 6.45) is 0. The van der Waals surface area contributed by atoms with Crippen molar-refractivity contribution in [1.82, 2.24) is 14.8 Å². The molecule has 0 spiro atoms. The number of hydrogen-bond donors (Lipinski definition) is 1. The van der Waals surface area contributed by atoms with Gasteiger partial charge in [0.2, 0.25) is 5.82 Å².